The highest BCUT2D eigenvalue weighted by atomic mass is 19.1. The molecular weight excluding hydrogens is 205 g/mol. The largest absolute Gasteiger partial charge is 0.207 e. The number of nitroso groups, excluding NO2 is 1. The zero-order chi connectivity index (χ0) is 11.5. The van der Waals surface area contributed by atoms with Gasteiger partial charge in [-0.3, -0.25) is 0 Å². The molecule has 1 aromatic carbocycles. The molecule has 0 fully saturated rings. The Hall–Kier alpha value is -1.51. The normalized spacial score (nSPS) is 20.2. The van der Waals surface area contributed by atoms with E-state index in [1.165, 1.54) is 12.1 Å². The molecule has 1 aromatic rings. The molecule has 1 atom stereocenters. The van der Waals surface area contributed by atoms with Gasteiger partial charge in [0.1, 0.15) is 5.82 Å². The summed E-state index contributed by atoms with van der Waals surface area (Å²) >= 11 is 0. The van der Waals surface area contributed by atoms with Gasteiger partial charge in [-0.15, -0.1) is 4.91 Å². The Morgan fingerprint density at radius 3 is 2.62 bits per heavy atom. The van der Waals surface area contributed by atoms with Crippen LogP contribution >= 0.6 is 0 Å². The Kier molecular flexibility index (Phi) is 3.13. The van der Waals surface area contributed by atoms with E-state index in [9.17, 15) is 9.30 Å². The highest BCUT2D eigenvalue weighted by molar-refractivity contribution is 5.72. The second-order valence-electron chi connectivity index (χ2n) is 4.10. The smallest absolute Gasteiger partial charge is 0.123 e. The standard InChI is InChI=1S/C13H14FNO/c1-2-9-5-8-12(15-16)13(9)10-3-6-11(14)7-4-10/h3-4,6-7,9H,2,5,8H2,1H3. The van der Waals surface area contributed by atoms with Gasteiger partial charge in [0.2, 0.25) is 0 Å². The summed E-state index contributed by atoms with van der Waals surface area (Å²) < 4.78 is 12.8. The van der Waals surface area contributed by atoms with Gasteiger partial charge in [0.15, 0.2) is 0 Å². The minimum Gasteiger partial charge on any atom is -0.207 e. The van der Waals surface area contributed by atoms with Gasteiger partial charge in [0, 0.05) is 0 Å². The fraction of sp³-hybridized carbons (Fsp3) is 0.385. The average Bonchev–Trinajstić information content (AvgIpc) is 2.73. The first-order valence-electron chi connectivity index (χ1n) is 5.58. The molecule has 0 N–H and O–H groups in total. The Bertz CT molecular complexity index is 422. The maximum absolute atomic E-state index is 12.8. The van der Waals surface area contributed by atoms with Crippen LogP contribution < -0.4 is 0 Å². The van der Waals surface area contributed by atoms with Crippen LogP contribution in [0.25, 0.3) is 5.57 Å². The second-order valence-corrected chi connectivity index (χ2v) is 4.10. The van der Waals surface area contributed by atoms with Crippen molar-refractivity contribution in [3.8, 4) is 0 Å². The molecule has 0 bridgehead atoms. The summed E-state index contributed by atoms with van der Waals surface area (Å²) in [5, 5.41) is 3.10. The third-order valence-corrected chi connectivity index (χ3v) is 3.21. The lowest BCUT2D eigenvalue weighted by Gasteiger charge is -2.12. The molecule has 0 heterocycles. The molecule has 0 saturated carbocycles. The molecular formula is C13H14FNO. The lowest BCUT2D eigenvalue weighted by atomic mass is 9.92. The van der Waals surface area contributed by atoms with Crippen molar-refractivity contribution in [2.75, 3.05) is 0 Å². The fourth-order valence-electron chi connectivity index (χ4n) is 2.36. The van der Waals surface area contributed by atoms with Crippen molar-refractivity contribution < 1.29 is 4.39 Å². The van der Waals surface area contributed by atoms with E-state index in [1.54, 1.807) is 12.1 Å². The first-order valence-corrected chi connectivity index (χ1v) is 5.58. The van der Waals surface area contributed by atoms with E-state index in [4.69, 9.17) is 0 Å². The maximum Gasteiger partial charge on any atom is 0.123 e. The van der Waals surface area contributed by atoms with Crippen molar-refractivity contribution in [1.29, 1.82) is 0 Å². The quantitative estimate of drug-likeness (QED) is 0.703. The van der Waals surface area contributed by atoms with Gasteiger partial charge < -0.3 is 0 Å². The molecule has 0 aromatic heterocycles. The Morgan fingerprint density at radius 1 is 1.38 bits per heavy atom. The predicted molar refractivity (Wildman–Crippen MR) is 62.1 cm³/mol. The number of benzene rings is 1. The van der Waals surface area contributed by atoms with Gasteiger partial charge in [0.25, 0.3) is 0 Å². The predicted octanol–water partition coefficient (Wildman–Crippen LogP) is 4.12. The molecule has 0 saturated heterocycles. The van der Waals surface area contributed by atoms with E-state index >= 15 is 0 Å². The van der Waals surface area contributed by atoms with E-state index in [1.807, 2.05) is 0 Å². The van der Waals surface area contributed by atoms with Gasteiger partial charge in [0.05, 0.1) is 5.70 Å². The molecule has 0 radical (unpaired) electrons. The highest BCUT2D eigenvalue weighted by Gasteiger charge is 2.26. The molecule has 3 heteroatoms. The van der Waals surface area contributed by atoms with Crippen LogP contribution in [0.2, 0.25) is 0 Å². The van der Waals surface area contributed by atoms with Crippen molar-refractivity contribution in [3.63, 3.8) is 0 Å². The molecule has 1 aliphatic rings. The molecule has 0 spiro atoms. The molecule has 84 valence electrons. The number of hydrogen-bond acceptors (Lipinski definition) is 2. The first-order chi connectivity index (χ1) is 7.76. The van der Waals surface area contributed by atoms with Crippen molar-refractivity contribution in [2.45, 2.75) is 26.2 Å². The molecule has 1 aliphatic carbocycles. The van der Waals surface area contributed by atoms with E-state index in [-0.39, 0.29) is 5.82 Å². The molecule has 0 amide bonds. The van der Waals surface area contributed by atoms with E-state index in [0.717, 1.165) is 30.4 Å². The van der Waals surface area contributed by atoms with Crippen molar-refractivity contribution >= 4 is 5.57 Å². The Balaban J connectivity index is 2.43. The molecule has 2 nitrogen and oxygen atoms in total. The number of rotatable bonds is 3. The van der Waals surface area contributed by atoms with Gasteiger partial charge in [-0.05, 0) is 53.6 Å². The highest BCUT2D eigenvalue weighted by Crippen LogP contribution is 2.41. The van der Waals surface area contributed by atoms with E-state index in [0.29, 0.717) is 11.6 Å². The van der Waals surface area contributed by atoms with Crippen LogP contribution in [0.5, 0.6) is 0 Å². The van der Waals surface area contributed by atoms with Crippen molar-refractivity contribution in [1.82, 2.24) is 0 Å². The third kappa shape index (κ3) is 1.90. The van der Waals surface area contributed by atoms with Gasteiger partial charge in [-0.25, -0.2) is 4.39 Å². The minimum atomic E-state index is -0.254. The summed E-state index contributed by atoms with van der Waals surface area (Å²) in [4.78, 5) is 10.7. The zero-order valence-corrected chi connectivity index (χ0v) is 9.24. The lowest BCUT2D eigenvalue weighted by Crippen LogP contribution is -1.97. The van der Waals surface area contributed by atoms with Crippen LogP contribution in [0.1, 0.15) is 31.7 Å². The molecule has 1 unspecified atom stereocenters. The van der Waals surface area contributed by atoms with Crippen molar-refractivity contribution in [3.05, 3.63) is 46.3 Å². The van der Waals surface area contributed by atoms with Gasteiger partial charge in [-0.1, -0.05) is 19.1 Å². The van der Waals surface area contributed by atoms with Gasteiger partial charge >= 0.3 is 0 Å². The Labute approximate surface area is 94.2 Å². The minimum absolute atomic E-state index is 0.254. The summed E-state index contributed by atoms with van der Waals surface area (Å²) in [6.45, 7) is 2.10. The maximum atomic E-state index is 12.8. The van der Waals surface area contributed by atoms with Crippen LogP contribution in [0.4, 0.5) is 4.39 Å². The molecule has 2 rings (SSSR count). The van der Waals surface area contributed by atoms with Crippen LogP contribution in [-0.2, 0) is 0 Å². The topological polar surface area (TPSA) is 29.4 Å². The van der Waals surface area contributed by atoms with E-state index in [2.05, 4.69) is 12.1 Å². The van der Waals surface area contributed by atoms with E-state index < -0.39 is 0 Å². The van der Waals surface area contributed by atoms with Gasteiger partial charge in [-0.2, -0.15) is 0 Å². The Morgan fingerprint density at radius 2 is 2.06 bits per heavy atom. The van der Waals surface area contributed by atoms with Crippen molar-refractivity contribution in [2.24, 2.45) is 11.1 Å². The molecule has 16 heavy (non-hydrogen) atoms. The van der Waals surface area contributed by atoms with Crippen LogP contribution in [-0.4, -0.2) is 0 Å². The van der Waals surface area contributed by atoms with Crippen LogP contribution in [0.15, 0.2) is 35.1 Å². The average molecular weight is 219 g/mol. The summed E-state index contributed by atoms with van der Waals surface area (Å²) in [6, 6.07) is 6.30. The fourth-order valence-corrected chi connectivity index (χ4v) is 2.36. The number of allylic oxidation sites excluding steroid dienone is 2. The van der Waals surface area contributed by atoms with Crippen LogP contribution in [0, 0.1) is 16.6 Å². The number of nitrogens with zero attached hydrogens (tertiary/aromatic N) is 1. The summed E-state index contributed by atoms with van der Waals surface area (Å²) in [5.74, 6) is 0.133. The summed E-state index contributed by atoms with van der Waals surface area (Å²) in [7, 11) is 0. The number of hydrogen-bond donors (Lipinski definition) is 0. The second kappa shape index (κ2) is 4.56. The zero-order valence-electron chi connectivity index (χ0n) is 9.24. The lowest BCUT2D eigenvalue weighted by molar-refractivity contribution is 0.620. The monoisotopic (exact) mass is 219 g/mol. The summed E-state index contributed by atoms with van der Waals surface area (Å²) in [5.41, 5.74) is 2.58. The summed E-state index contributed by atoms with van der Waals surface area (Å²) in [6.07, 6.45) is 2.71. The van der Waals surface area contributed by atoms with Crippen LogP contribution in [0.3, 0.4) is 0 Å². The molecule has 0 aliphatic heterocycles. The third-order valence-electron chi connectivity index (χ3n) is 3.21. The number of halogens is 1. The first kappa shape index (κ1) is 11.0. The SMILES string of the molecule is CCC1CCC(N=O)=C1c1ccc(F)cc1.